The number of carbonyl (C=O) groups is 1. The fraction of sp³-hybridized carbons (Fsp3) is 0.278. The first-order chi connectivity index (χ1) is 10.7. The lowest BCUT2D eigenvalue weighted by molar-refractivity contribution is -0.131. The Labute approximate surface area is 137 Å². The third-order valence-corrected chi connectivity index (χ3v) is 4.70. The number of fused-ring (bicyclic) bond motifs is 1. The van der Waals surface area contributed by atoms with E-state index in [4.69, 9.17) is 14.9 Å². The van der Waals surface area contributed by atoms with E-state index in [0.717, 1.165) is 16.3 Å². The van der Waals surface area contributed by atoms with Gasteiger partial charge in [-0.15, -0.1) is 0 Å². The molecule has 1 aliphatic heterocycles. The summed E-state index contributed by atoms with van der Waals surface area (Å²) in [6, 6.07) is 13.9. The molecule has 0 radical (unpaired) electrons. The number of rotatable bonds is 3. The van der Waals surface area contributed by atoms with Crippen molar-refractivity contribution in [1.29, 1.82) is 0 Å². The first-order valence-electron chi connectivity index (χ1n) is 7.62. The summed E-state index contributed by atoms with van der Waals surface area (Å²) in [5, 5.41) is 2.17. The van der Waals surface area contributed by atoms with Crippen LogP contribution in [0.2, 0.25) is 19.6 Å². The Bertz CT molecular complexity index is 822. The summed E-state index contributed by atoms with van der Waals surface area (Å²) < 4.78 is 11.6. The summed E-state index contributed by atoms with van der Waals surface area (Å²) in [5.74, 6) is 0.0283. The second-order valence-corrected chi connectivity index (χ2v) is 11.4. The van der Waals surface area contributed by atoms with E-state index in [9.17, 15) is 4.79 Å². The van der Waals surface area contributed by atoms with Gasteiger partial charge in [0.25, 0.3) is 0 Å². The molecule has 2 N–H and O–H groups in total. The molecule has 0 spiro atoms. The third kappa shape index (κ3) is 2.72. The lowest BCUT2D eigenvalue weighted by Gasteiger charge is -2.24. The number of Topliss-reactive ketones (excluding diaryl/α,β-unsaturated/α-hetero) is 1. The monoisotopic (exact) mass is 327 g/mol. The van der Waals surface area contributed by atoms with E-state index in [2.05, 4.69) is 0 Å². The average Bonchev–Trinajstić information content (AvgIpc) is 2.70. The van der Waals surface area contributed by atoms with E-state index >= 15 is 0 Å². The summed E-state index contributed by atoms with van der Waals surface area (Å²) in [5.41, 5.74) is 5.58. The van der Waals surface area contributed by atoms with Crippen molar-refractivity contribution in [2.24, 2.45) is 5.73 Å². The Morgan fingerprint density at radius 1 is 1.09 bits per heavy atom. The molecule has 0 amide bonds. The first-order valence-corrected chi connectivity index (χ1v) is 11.0. The highest BCUT2D eigenvalue weighted by molar-refractivity contribution is 6.70. The minimum atomic E-state index is -1.95. The molecule has 1 aliphatic rings. The second kappa shape index (κ2) is 5.13. The van der Waals surface area contributed by atoms with Gasteiger partial charge in [-0.3, -0.25) is 4.79 Å². The highest BCUT2D eigenvalue weighted by Gasteiger charge is 2.49. The molecule has 1 unspecified atom stereocenters. The minimum Gasteiger partial charge on any atom is -0.538 e. The molecule has 1 heterocycles. The van der Waals surface area contributed by atoms with Gasteiger partial charge in [-0.25, -0.2) is 0 Å². The van der Waals surface area contributed by atoms with Gasteiger partial charge < -0.3 is 14.9 Å². The largest absolute Gasteiger partial charge is 0.538 e. The number of hydrogen-bond acceptors (Lipinski definition) is 4. The lowest BCUT2D eigenvalue weighted by atomic mass is 9.90. The van der Waals surface area contributed by atoms with E-state index in [-0.39, 0.29) is 17.4 Å². The van der Waals surface area contributed by atoms with E-state index in [1.807, 2.05) is 62.1 Å². The number of ether oxygens (including phenoxy) is 1. The smallest absolute Gasteiger partial charge is 0.249 e. The maximum absolute atomic E-state index is 12.9. The van der Waals surface area contributed by atoms with Crippen molar-refractivity contribution in [3.63, 3.8) is 0 Å². The van der Waals surface area contributed by atoms with Crippen molar-refractivity contribution in [1.82, 2.24) is 0 Å². The van der Waals surface area contributed by atoms with Crippen LogP contribution in [-0.2, 0) is 19.6 Å². The lowest BCUT2D eigenvalue weighted by Crippen LogP contribution is -2.34. The number of ketones is 1. The molecule has 23 heavy (non-hydrogen) atoms. The Morgan fingerprint density at radius 3 is 2.39 bits per heavy atom. The molecule has 0 saturated carbocycles. The molecule has 2 aromatic carbocycles. The summed E-state index contributed by atoms with van der Waals surface area (Å²) >= 11 is 0. The number of benzene rings is 2. The molecule has 3 rings (SSSR count). The van der Waals surface area contributed by atoms with Crippen molar-refractivity contribution in [2.75, 3.05) is 0 Å². The van der Waals surface area contributed by atoms with Crippen LogP contribution in [0.15, 0.2) is 54.1 Å². The van der Waals surface area contributed by atoms with Gasteiger partial charge >= 0.3 is 0 Å². The SMILES string of the molecule is CC1(c2ccc3ccccc3c2)OC(N)=C(O[Si](C)(C)C)C1=O. The van der Waals surface area contributed by atoms with Gasteiger partial charge in [-0.2, -0.15) is 0 Å². The van der Waals surface area contributed by atoms with Crippen LogP contribution < -0.4 is 5.73 Å². The standard InChI is InChI=1S/C18H21NO3Si/c1-18(14-10-9-12-7-5-6-8-13(12)11-14)16(20)15(17(19)21-18)22-23(2,3)4/h5-11H,19H2,1-4H3. The van der Waals surface area contributed by atoms with Gasteiger partial charge in [-0.05, 0) is 43.4 Å². The van der Waals surface area contributed by atoms with Gasteiger partial charge in [0.2, 0.25) is 25.7 Å². The van der Waals surface area contributed by atoms with Crippen LogP contribution in [0.25, 0.3) is 10.8 Å². The second-order valence-electron chi connectivity index (χ2n) is 6.93. The molecule has 120 valence electrons. The summed E-state index contributed by atoms with van der Waals surface area (Å²) in [4.78, 5) is 12.9. The van der Waals surface area contributed by atoms with E-state index in [1.165, 1.54) is 0 Å². The maximum Gasteiger partial charge on any atom is 0.249 e. The van der Waals surface area contributed by atoms with E-state index in [1.54, 1.807) is 6.92 Å². The van der Waals surface area contributed by atoms with E-state index in [0.29, 0.717) is 0 Å². The molecule has 0 fully saturated rings. The average molecular weight is 327 g/mol. The number of carbonyl (C=O) groups excluding carboxylic acids is 1. The normalized spacial score (nSPS) is 21.7. The molecule has 0 aliphatic carbocycles. The fourth-order valence-corrected chi connectivity index (χ4v) is 3.53. The van der Waals surface area contributed by atoms with Crippen LogP contribution in [0.3, 0.4) is 0 Å². The maximum atomic E-state index is 12.9. The van der Waals surface area contributed by atoms with Crippen LogP contribution in [0, 0.1) is 0 Å². The van der Waals surface area contributed by atoms with E-state index < -0.39 is 13.9 Å². The summed E-state index contributed by atoms with van der Waals surface area (Å²) in [6.07, 6.45) is 0. The Hall–Kier alpha value is -2.27. The highest BCUT2D eigenvalue weighted by Crippen LogP contribution is 2.39. The molecule has 0 aromatic heterocycles. The van der Waals surface area contributed by atoms with Crippen molar-refractivity contribution in [3.8, 4) is 0 Å². The van der Waals surface area contributed by atoms with Crippen LogP contribution >= 0.6 is 0 Å². The van der Waals surface area contributed by atoms with Crippen LogP contribution in [0.1, 0.15) is 12.5 Å². The number of nitrogens with two attached hydrogens (primary N) is 1. The highest BCUT2D eigenvalue weighted by atomic mass is 28.4. The quantitative estimate of drug-likeness (QED) is 0.874. The van der Waals surface area contributed by atoms with Crippen LogP contribution in [0.4, 0.5) is 0 Å². The molecule has 0 saturated heterocycles. The zero-order valence-electron chi connectivity index (χ0n) is 13.8. The molecule has 0 bridgehead atoms. The van der Waals surface area contributed by atoms with Gasteiger partial charge in [0, 0.05) is 5.56 Å². The predicted octanol–water partition coefficient (Wildman–Crippen LogP) is 3.63. The summed E-state index contributed by atoms with van der Waals surface area (Å²) in [7, 11) is -1.95. The zero-order valence-corrected chi connectivity index (χ0v) is 14.8. The van der Waals surface area contributed by atoms with Crippen molar-refractivity contribution < 1.29 is 14.0 Å². The predicted molar refractivity (Wildman–Crippen MR) is 93.0 cm³/mol. The Morgan fingerprint density at radius 2 is 1.74 bits per heavy atom. The molecule has 5 heteroatoms. The van der Waals surface area contributed by atoms with Gasteiger partial charge in [0.15, 0.2) is 5.60 Å². The molecule has 2 aromatic rings. The van der Waals surface area contributed by atoms with Gasteiger partial charge in [0.1, 0.15) is 0 Å². The summed E-state index contributed by atoms with van der Waals surface area (Å²) in [6.45, 7) is 7.76. The molecule has 1 atom stereocenters. The third-order valence-electron chi connectivity index (χ3n) is 3.89. The van der Waals surface area contributed by atoms with Crippen molar-refractivity contribution in [2.45, 2.75) is 32.2 Å². The minimum absolute atomic E-state index is 0.0769. The van der Waals surface area contributed by atoms with Crippen LogP contribution in [-0.4, -0.2) is 14.1 Å². The molecule has 4 nitrogen and oxygen atoms in total. The molecular formula is C18H21NO3Si. The molecular weight excluding hydrogens is 306 g/mol. The first kappa shape index (κ1) is 15.6. The van der Waals surface area contributed by atoms with Gasteiger partial charge in [0.05, 0.1) is 0 Å². The van der Waals surface area contributed by atoms with Gasteiger partial charge in [-0.1, -0.05) is 36.4 Å². The van der Waals surface area contributed by atoms with Crippen LogP contribution in [0.5, 0.6) is 0 Å². The van der Waals surface area contributed by atoms with Crippen molar-refractivity contribution >= 4 is 24.9 Å². The zero-order chi connectivity index (χ0) is 16.8. The Balaban J connectivity index is 2.00. The van der Waals surface area contributed by atoms with Crippen molar-refractivity contribution in [3.05, 3.63) is 59.7 Å². The topological polar surface area (TPSA) is 61.6 Å². The Kier molecular flexibility index (Phi) is 3.48. The number of hydrogen-bond donors (Lipinski definition) is 1. The fourth-order valence-electron chi connectivity index (χ4n) is 2.72.